The number of fused-ring (bicyclic) bond motifs is 2. The van der Waals surface area contributed by atoms with Gasteiger partial charge in [0, 0.05) is 28.9 Å². The van der Waals surface area contributed by atoms with Crippen LogP contribution in [0.3, 0.4) is 0 Å². The second kappa shape index (κ2) is 6.22. The molecule has 0 spiro atoms. The molecule has 1 N–H and O–H groups in total. The van der Waals surface area contributed by atoms with Crippen LogP contribution in [0.4, 0.5) is 0 Å². The molecule has 4 nitrogen and oxygen atoms in total. The van der Waals surface area contributed by atoms with Crippen LogP contribution in [0.5, 0.6) is 0 Å². The van der Waals surface area contributed by atoms with Gasteiger partial charge in [0.1, 0.15) is 0 Å². The lowest BCUT2D eigenvalue weighted by Gasteiger charge is -2.19. The third-order valence-corrected chi connectivity index (χ3v) is 7.02. The summed E-state index contributed by atoms with van der Waals surface area (Å²) in [5, 5.41) is 5.40. The molecule has 2 aliphatic heterocycles. The summed E-state index contributed by atoms with van der Waals surface area (Å²) in [6.45, 7) is 3.05. The Labute approximate surface area is 147 Å². The molecule has 0 unspecified atom stereocenters. The number of halogens is 2. The van der Waals surface area contributed by atoms with Crippen molar-refractivity contribution in [1.82, 2.24) is 9.62 Å². The van der Waals surface area contributed by atoms with E-state index >= 15 is 0 Å². The van der Waals surface area contributed by atoms with Crippen LogP contribution in [0.25, 0.3) is 10.8 Å². The van der Waals surface area contributed by atoms with Crippen LogP contribution >= 0.6 is 24.0 Å². The quantitative estimate of drug-likeness (QED) is 0.881. The Morgan fingerprint density at radius 3 is 2.26 bits per heavy atom. The highest BCUT2D eigenvalue weighted by molar-refractivity contribution is 7.89. The molecular weight excluding hydrogens is 355 g/mol. The van der Waals surface area contributed by atoms with Crippen molar-refractivity contribution < 1.29 is 8.42 Å². The number of sulfonamides is 1. The second-order valence-electron chi connectivity index (χ2n) is 6.09. The number of nitrogens with one attached hydrogen (secondary N) is 1. The fourth-order valence-electron chi connectivity index (χ4n) is 3.61. The number of hydrogen-bond donors (Lipinski definition) is 1. The average Bonchev–Trinajstić information content (AvgIpc) is 3.09. The minimum absolute atomic E-state index is 0. The minimum atomic E-state index is -3.48. The fraction of sp³-hybridized carbons (Fsp3) is 0.375. The molecule has 0 bridgehead atoms. The Bertz CT molecular complexity index is 829. The van der Waals surface area contributed by atoms with E-state index in [-0.39, 0.29) is 12.4 Å². The van der Waals surface area contributed by atoms with Gasteiger partial charge < -0.3 is 5.32 Å². The van der Waals surface area contributed by atoms with Crippen molar-refractivity contribution >= 4 is 44.8 Å². The van der Waals surface area contributed by atoms with Gasteiger partial charge in [-0.3, -0.25) is 0 Å². The maximum Gasteiger partial charge on any atom is 0.243 e. The lowest BCUT2D eigenvalue weighted by atomic mass is 10.0. The molecule has 2 saturated heterocycles. The zero-order valence-electron chi connectivity index (χ0n) is 12.4. The number of rotatable bonds is 2. The lowest BCUT2D eigenvalue weighted by molar-refractivity contribution is 0.448. The first-order chi connectivity index (χ1) is 10.6. The summed E-state index contributed by atoms with van der Waals surface area (Å²) >= 11 is 6.20. The highest BCUT2D eigenvalue weighted by Crippen LogP contribution is 2.35. The Morgan fingerprint density at radius 2 is 1.61 bits per heavy atom. The van der Waals surface area contributed by atoms with E-state index < -0.39 is 10.0 Å². The largest absolute Gasteiger partial charge is 0.316 e. The first-order valence-corrected chi connectivity index (χ1v) is 9.27. The molecule has 4 rings (SSSR count). The van der Waals surface area contributed by atoms with Crippen LogP contribution in [0.15, 0.2) is 41.3 Å². The zero-order valence-corrected chi connectivity index (χ0v) is 14.8. The Morgan fingerprint density at radius 1 is 1.00 bits per heavy atom. The average molecular weight is 373 g/mol. The number of hydrogen-bond acceptors (Lipinski definition) is 3. The van der Waals surface area contributed by atoms with E-state index in [9.17, 15) is 8.42 Å². The van der Waals surface area contributed by atoms with E-state index in [1.807, 2.05) is 24.3 Å². The van der Waals surface area contributed by atoms with Crippen LogP contribution in [0, 0.1) is 11.8 Å². The highest BCUT2D eigenvalue weighted by Gasteiger charge is 2.41. The number of nitrogens with zero attached hydrogens (tertiary/aromatic N) is 1. The molecule has 0 aromatic heterocycles. The van der Waals surface area contributed by atoms with Crippen molar-refractivity contribution in [1.29, 1.82) is 0 Å². The van der Waals surface area contributed by atoms with Gasteiger partial charge in [0.15, 0.2) is 0 Å². The SMILES string of the molecule is Cl.O=S(=O)(c1ccc(Cl)c2ccccc12)N1C[C@H]2CNC[C@H]2C1. The first kappa shape index (κ1) is 17.0. The van der Waals surface area contributed by atoms with Gasteiger partial charge in [-0.1, -0.05) is 35.9 Å². The minimum Gasteiger partial charge on any atom is -0.316 e. The fourth-order valence-corrected chi connectivity index (χ4v) is 5.58. The molecule has 2 heterocycles. The molecule has 124 valence electrons. The van der Waals surface area contributed by atoms with Gasteiger partial charge >= 0.3 is 0 Å². The van der Waals surface area contributed by atoms with Gasteiger partial charge in [0.25, 0.3) is 0 Å². The Hall–Kier alpha value is -0.850. The first-order valence-electron chi connectivity index (χ1n) is 7.45. The van der Waals surface area contributed by atoms with Crippen LogP contribution < -0.4 is 5.32 Å². The topological polar surface area (TPSA) is 49.4 Å². The standard InChI is InChI=1S/C16H17ClN2O2S.ClH/c17-15-5-6-16(14-4-2-1-3-13(14)15)22(20,21)19-9-11-7-18-8-12(11)10-19;/h1-6,11-12,18H,7-10H2;1H/t11-,12+;. The van der Waals surface area contributed by atoms with Crippen molar-refractivity contribution in [2.24, 2.45) is 11.8 Å². The summed E-state index contributed by atoms with van der Waals surface area (Å²) in [6, 6.07) is 10.7. The molecule has 0 aliphatic carbocycles. The third-order valence-electron chi connectivity index (χ3n) is 4.80. The molecule has 2 aromatic rings. The summed E-state index contributed by atoms with van der Waals surface area (Å²) in [4.78, 5) is 0.362. The summed E-state index contributed by atoms with van der Waals surface area (Å²) < 4.78 is 27.7. The lowest BCUT2D eigenvalue weighted by Crippen LogP contribution is -2.32. The molecule has 7 heteroatoms. The van der Waals surface area contributed by atoms with Crippen LogP contribution in [0.2, 0.25) is 5.02 Å². The molecule has 0 saturated carbocycles. The summed E-state index contributed by atoms with van der Waals surface area (Å²) in [5.74, 6) is 0.877. The summed E-state index contributed by atoms with van der Waals surface area (Å²) in [6.07, 6.45) is 0. The van der Waals surface area contributed by atoms with Crippen molar-refractivity contribution in [3.05, 3.63) is 41.4 Å². The molecule has 2 fully saturated rings. The summed E-state index contributed by atoms with van der Waals surface area (Å²) in [7, 11) is -3.48. The molecule has 0 amide bonds. The summed E-state index contributed by atoms with van der Waals surface area (Å²) in [5.41, 5.74) is 0. The van der Waals surface area contributed by atoms with Crippen molar-refractivity contribution in [2.45, 2.75) is 4.90 Å². The predicted octanol–water partition coefficient (Wildman–Crippen LogP) is 2.75. The molecule has 0 radical (unpaired) electrons. The Balaban J connectivity index is 0.00000156. The highest BCUT2D eigenvalue weighted by atomic mass is 35.5. The zero-order chi connectivity index (χ0) is 15.3. The van der Waals surface area contributed by atoms with E-state index in [1.54, 1.807) is 16.4 Å². The molecule has 23 heavy (non-hydrogen) atoms. The van der Waals surface area contributed by atoms with E-state index in [0.717, 1.165) is 18.5 Å². The Kier molecular flexibility index (Phi) is 4.60. The van der Waals surface area contributed by atoms with Gasteiger partial charge in [0.2, 0.25) is 10.0 Å². The van der Waals surface area contributed by atoms with Crippen molar-refractivity contribution in [3.63, 3.8) is 0 Å². The molecule has 2 aromatic carbocycles. The van der Waals surface area contributed by atoms with Gasteiger partial charge in [0.05, 0.1) is 4.90 Å². The van der Waals surface area contributed by atoms with Gasteiger partial charge in [-0.15, -0.1) is 12.4 Å². The molecule has 2 atom stereocenters. The number of benzene rings is 2. The normalized spacial score (nSPS) is 24.6. The van der Waals surface area contributed by atoms with Crippen molar-refractivity contribution in [3.8, 4) is 0 Å². The van der Waals surface area contributed by atoms with Gasteiger partial charge in [-0.05, 0) is 37.1 Å². The van der Waals surface area contributed by atoms with E-state index in [2.05, 4.69) is 5.32 Å². The van der Waals surface area contributed by atoms with Gasteiger partial charge in [-0.2, -0.15) is 4.31 Å². The van der Waals surface area contributed by atoms with Crippen LogP contribution in [-0.2, 0) is 10.0 Å². The van der Waals surface area contributed by atoms with E-state index in [4.69, 9.17) is 11.6 Å². The van der Waals surface area contributed by atoms with Crippen LogP contribution in [-0.4, -0.2) is 38.9 Å². The third kappa shape index (κ3) is 2.75. The maximum absolute atomic E-state index is 13.1. The second-order valence-corrected chi connectivity index (χ2v) is 8.41. The van der Waals surface area contributed by atoms with E-state index in [0.29, 0.717) is 40.2 Å². The van der Waals surface area contributed by atoms with Crippen molar-refractivity contribution in [2.75, 3.05) is 26.2 Å². The van der Waals surface area contributed by atoms with Crippen LogP contribution in [0.1, 0.15) is 0 Å². The monoisotopic (exact) mass is 372 g/mol. The predicted molar refractivity (Wildman–Crippen MR) is 94.8 cm³/mol. The molecular formula is C16H18Cl2N2O2S. The molecule has 2 aliphatic rings. The maximum atomic E-state index is 13.1. The van der Waals surface area contributed by atoms with Gasteiger partial charge in [-0.25, -0.2) is 8.42 Å². The van der Waals surface area contributed by atoms with E-state index in [1.165, 1.54) is 0 Å². The smallest absolute Gasteiger partial charge is 0.243 e.